The lowest BCUT2D eigenvalue weighted by Gasteiger charge is -2.23. The Hall–Kier alpha value is -1.06. The maximum Gasteiger partial charge on any atom is 0.123 e. The summed E-state index contributed by atoms with van der Waals surface area (Å²) in [5.41, 5.74) is 7.18. The van der Waals surface area contributed by atoms with Gasteiger partial charge in [-0.25, -0.2) is 0 Å². The quantitative estimate of drug-likeness (QED) is 0.804. The number of benzene rings is 2. The van der Waals surface area contributed by atoms with E-state index >= 15 is 0 Å². The highest BCUT2D eigenvalue weighted by molar-refractivity contribution is 9.10. The molecular weight excluding hydrogens is 266 g/mol. The number of nitrogens with two attached hydrogens (primary N) is 1. The van der Waals surface area contributed by atoms with Crippen molar-refractivity contribution in [3.8, 4) is 5.75 Å². The number of fused-ring (bicyclic) bond motifs is 3. The van der Waals surface area contributed by atoms with Crippen LogP contribution in [0.25, 0.3) is 10.8 Å². The van der Waals surface area contributed by atoms with Gasteiger partial charge in [0.15, 0.2) is 0 Å². The molecule has 0 aromatic heterocycles. The maximum absolute atomic E-state index is 5.94. The van der Waals surface area contributed by atoms with Gasteiger partial charge in [-0.3, -0.25) is 0 Å². The van der Waals surface area contributed by atoms with E-state index in [1.165, 1.54) is 16.3 Å². The molecular formula is C13H12BrNO. The molecule has 2 aromatic rings. The fraction of sp³-hybridized carbons (Fsp3) is 0.231. The van der Waals surface area contributed by atoms with E-state index in [4.69, 9.17) is 10.5 Å². The summed E-state index contributed by atoms with van der Waals surface area (Å²) >= 11 is 3.50. The van der Waals surface area contributed by atoms with Gasteiger partial charge in [0.2, 0.25) is 0 Å². The Morgan fingerprint density at radius 1 is 1.25 bits per heavy atom. The first-order valence-corrected chi connectivity index (χ1v) is 6.13. The second kappa shape index (κ2) is 3.75. The van der Waals surface area contributed by atoms with Crippen molar-refractivity contribution >= 4 is 26.7 Å². The highest BCUT2D eigenvalue weighted by Crippen LogP contribution is 2.33. The van der Waals surface area contributed by atoms with Gasteiger partial charge in [-0.05, 0) is 35.4 Å². The fourth-order valence-corrected chi connectivity index (χ4v) is 2.56. The summed E-state index contributed by atoms with van der Waals surface area (Å²) in [5, 5.41) is 2.47. The summed E-state index contributed by atoms with van der Waals surface area (Å²) in [6.45, 7) is 0.618. The van der Waals surface area contributed by atoms with Gasteiger partial charge in [0.05, 0.1) is 0 Å². The van der Waals surface area contributed by atoms with Gasteiger partial charge in [-0.15, -0.1) is 0 Å². The molecule has 2 nitrogen and oxygen atoms in total. The molecule has 0 saturated heterocycles. The van der Waals surface area contributed by atoms with Crippen LogP contribution in [0.15, 0.2) is 34.8 Å². The van der Waals surface area contributed by atoms with E-state index in [0.717, 1.165) is 16.6 Å². The molecule has 0 amide bonds. The lowest BCUT2D eigenvalue weighted by Crippen LogP contribution is -2.33. The van der Waals surface area contributed by atoms with Crippen LogP contribution in [0.2, 0.25) is 0 Å². The van der Waals surface area contributed by atoms with Gasteiger partial charge < -0.3 is 10.5 Å². The predicted octanol–water partition coefficient (Wildman–Crippen LogP) is 2.86. The third-order valence-electron chi connectivity index (χ3n) is 2.97. The summed E-state index contributed by atoms with van der Waals surface area (Å²) < 4.78 is 6.73. The van der Waals surface area contributed by atoms with Gasteiger partial charge in [-0.2, -0.15) is 0 Å². The Bertz CT molecular complexity index is 553. The van der Waals surface area contributed by atoms with Crippen LogP contribution in [0.5, 0.6) is 5.75 Å². The van der Waals surface area contributed by atoms with Crippen molar-refractivity contribution in [3.05, 3.63) is 40.4 Å². The molecule has 1 aliphatic rings. The highest BCUT2D eigenvalue weighted by Gasteiger charge is 2.18. The Labute approximate surface area is 103 Å². The zero-order valence-corrected chi connectivity index (χ0v) is 10.3. The molecule has 0 fully saturated rings. The number of ether oxygens (including phenoxy) is 1. The molecule has 0 radical (unpaired) electrons. The average Bonchev–Trinajstić information content (AvgIpc) is 2.29. The minimum Gasteiger partial charge on any atom is -0.492 e. The summed E-state index contributed by atoms with van der Waals surface area (Å²) in [5.74, 6) is 0.979. The molecule has 0 bridgehead atoms. The summed E-state index contributed by atoms with van der Waals surface area (Å²) in [6.07, 6.45) is 0.892. The van der Waals surface area contributed by atoms with Gasteiger partial charge in [0.1, 0.15) is 12.4 Å². The molecule has 1 heterocycles. The molecule has 1 unspecified atom stereocenters. The van der Waals surface area contributed by atoms with Crippen molar-refractivity contribution in [2.45, 2.75) is 12.5 Å². The van der Waals surface area contributed by atoms with Crippen molar-refractivity contribution in [1.29, 1.82) is 0 Å². The monoisotopic (exact) mass is 277 g/mol. The number of hydrogen-bond acceptors (Lipinski definition) is 2. The van der Waals surface area contributed by atoms with Gasteiger partial charge >= 0.3 is 0 Å². The Kier molecular flexibility index (Phi) is 2.37. The average molecular weight is 278 g/mol. The normalized spacial score (nSPS) is 19.2. The first-order chi connectivity index (χ1) is 7.74. The van der Waals surface area contributed by atoms with E-state index in [2.05, 4.69) is 40.2 Å². The molecule has 2 N–H and O–H groups in total. The first kappa shape index (κ1) is 10.1. The van der Waals surface area contributed by atoms with Gasteiger partial charge in [-0.1, -0.05) is 28.1 Å². The van der Waals surface area contributed by atoms with Crippen molar-refractivity contribution in [1.82, 2.24) is 0 Å². The Morgan fingerprint density at radius 3 is 2.94 bits per heavy atom. The number of rotatable bonds is 0. The predicted molar refractivity (Wildman–Crippen MR) is 68.8 cm³/mol. The zero-order valence-electron chi connectivity index (χ0n) is 8.74. The SMILES string of the molecule is NC1COc2ccc3ccc(Br)cc3c2C1. The Balaban J connectivity index is 2.28. The minimum absolute atomic E-state index is 0.108. The molecule has 3 heteroatoms. The molecule has 3 rings (SSSR count). The molecule has 16 heavy (non-hydrogen) atoms. The van der Waals surface area contributed by atoms with Crippen molar-refractivity contribution < 1.29 is 4.74 Å². The number of hydrogen-bond donors (Lipinski definition) is 1. The first-order valence-electron chi connectivity index (χ1n) is 5.33. The molecule has 2 aromatic carbocycles. The Morgan fingerprint density at radius 2 is 2.06 bits per heavy atom. The van der Waals surface area contributed by atoms with Crippen LogP contribution < -0.4 is 10.5 Å². The van der Waals surface area contributed by atoms with Crippen LogP contribution in [-0.4, -0.2) is 12.6 Å². The lowest BCUT2D eigenvalue weighted by molar-refractivity contribution is 0.264. The van der Waals surface area contributed by atoms with E-state index in [0.29, 0.717) is 6.61 Å². The standard InChI is InChI=1S/C13H12BrNO/c14-9-3-1-8-2-4-13-12(11(8)5-9)6-10(15)7-16-13/h1-5,10H,6-7,15H2. The summed E-state index contributed by atoms with van der Waals surface area (Å²) in [6, 6.07) is 10.5. The van der Waals surface area contributed by atoms with E-state index in [-0.39, 0.29) is 6.04 Å². The minimum atomic E-state index is 0.108. The third-order valence-corrected chi connectivity index (χ3v) is 3.46. The van der Waals surface area contributed by atoms with Crippen molar-refractivity contribution in [3.63, 3.8) is 0 Å². The molecule has 0 saturated carbocycles. The van der Waals surface area contributed by atoms with Crippen LogP contribution >= 0.6 is 15.9 Å². The molecule has 0 aliphatic carbocycles. The summed E-state index contributed by atoms with van der Waals surface area (Å²) in [7, 11) is 0. The van der Waals surface area contributed by atoms with E-state index in [1.807, 2.05) is 6.07 Å². The highest BCUT2D eigenvalue weighted by atomic mass is 79.9. The van der Waals surface area contributed by atoms with Crippen molar-refractivity contribution in [2.24, 2.45) is 5.73 Å². The molecule has 0 spiro atoms. The van der Waals surface area contributed by atoms with Crippen LogP contribution in [0.4, 0.5) is 0 Å². The van der Waals surface area contributed by atoms with E-state index < -0.39 is 0 Å². The van der Waals surface area contributed by atoms with Gasteiger partial charge in [0, 0.05) is 16.1 Å². The summed E-state index contributed by atoms with van der Waals surface area (Å²) in [4.78, 5) is 0. The zero-order chi connectivity index (χ0) is 11.1. The second-order valence-corrected chi connectivity index (χ2v) is 5.10. The van der Waals surface area contributed by atoms with Gasteiger partial charge in [0.25, 0.3) is 0 Å². The van der Waals surface area contributed by atoms with Crippen LogP contribution in [0.3, 0.4) is 0 Å². The van der Waals surface area contributed by atoms with Crippen molar-refractivity contribution in [2.75, 3.05) is 6.61 Å². The third kappa shape index (κ3) is 1.60. The molecule has 82 valence electrons. The van der Waals surface area contributed by atoms with E-state index in [9.17, 15) is 0 Å². The molecule has 1 atom stereocenters. The lowest BCUT2D eigenvalue weighted by atomic mass is 9.96. The van der Waals surface area contributed by atoms with Crippen LogP contribution in [-0.2, 0) is 6.42 Å². The largest absolute Gasteiger partial charge is 0.492 e. The van der Waals surface area contributed by atoms with Crippen LogP contribution in [0.1, 0.15) is 5.56 Å². The van der Waals surface area contributed by atoms with E-state index in [1.54, 1.807) is 0 Å². The second-order valence-electron chi connectivity index (χ2n) is 4.18. The topological polar surface area (TPSA) is 35.2 Å². The maximum atomic E-state index is 5.94. The fourth-order valence-electron chi connectivity index (χ4n) is 2.20. The smallest absolute Gasteiger partial charge is 0.123 e. The van der Waals surface area contributed by atoms with Crippen LogP contribution in [0, 0.1) is 0 Å². The number of halogens is 1. The molecule has 1 aliphatic heterocycles.